The summed E-state index contributed by atoms with van der Waals surface area (Å²) in [5.74, 6) is 4.39. The van der Waals surface area contributed by atoms with Gasteiger partial charge in [-0.05, 0) is 181 Å². The molecule has 0 amide bonds. The largest absolute Gasteiger partial charge is 0.508 e. The molecule has 514 valence electrons. The lowest BCUT2D eigenvalue weighted by atomic mass is 9.79. The van der Waals surface area contributed by atoms with Crippen LogP contribution in [0.4, 0.5) is 0 Å². The van der Waals surface area contributed by atoms with Gasteiger partial charge in [-0.15, -0.1) is 23.2 Å². The maximum absolute atomic E-state index is 9.10. The van der Waals surface area contributed by atoms with E-state index in [9.17, 15) is 0 Å². The number of halogens is 6. The van der Waals surface area contributed by atoms with E-state index in [4.69, 9.17) is 86.5 Å². The third-order valence-corrected chi connectivity index (χ3v) is 17.0. The predicted octanol–water partition coefficient (Wildman–Crippen LogP) is 12.2. The number of phenols is 1. The number of phenolic OH excluding ortho intramolecular Hbond substituents is 1. The van der Waals surface area contributed by atoms with Crippen molar-refractivity contribution in [2.45, 2.75) is 142 Å². The Balaban J connectivity index is 0.00000108. The number of aromatic hydroxyl groups is 1. The number of alkyl halides is 3. The molecule has 0 aliphatic carbocycles. The van der Waals surface area contributed by atoms with Crippen molar-refractivity contribution in [3.05, 3.63) is 110 Å². The number of benzene rings is 4. The van der Waals surface area contributed by atoms with Gasteiger partial charge >= 0.3 is 7.12 Å². The summed E-state index contributed by atoms with van der Waals surface area (Å²) >= 11 is 24.0. The fourth-order valence-corrected chi connectivity index (χ4v) is 8.73. The molecule has 4 aromatic carbocycles. The van der Waals surface area contributed by atoms with E-state index in [1.807, 2.05) is 78.9 Å². The Hall–Kier alpha value is -1.71. The van der Waals surface area contributed by atoms with Gasteiger partial charge in [0.05, 0.1) is 93.1 Å². The van der Waals surface area contributed by atoms with Gasteiger partial charge in [0.15, 0.2) is 0 Å². The van der Waals surface area contributed by atoms with Gasteiger partial charge in [0.25, 0.3) is 0 Å². The number of nitrogens with zero attached hydrogens (tertiary/aromatic N) is 2. The van der Waals surface area contributed by atoms with Crippen molar-refractivity contribution in [2.75, 3.05) is 129 Å². The van der Waals surface area contributed by atoms with Crippen LogP contribution in [-0.4, -0.2) is 220 Å². The van der Waals surface area contributed by atoms with Crippen molar-refractivity contribution in [1.82, 2.24) is 15.1 Å². The van der Waals surface area contributed by atoms with E-state index in [1.54, 1.807) is 73.6 Å². The van der Waals surface area contributed by atoms with E-state index in [-0.39, 0.29) is 18.3 Å². The third-order valence-electron chi connectivity index (χ3n) is 14.4. The van der Waals surface area contributed by atoms with E-state index in [1.165, 1.54) is 0 Å². The van der Waals surface area contributed by atoms with E-state index in [2.05, 4.69) is 122 Å². The molecule has 91 heavy (non-hydrogen) atoms. The van der Waals surface area contributed by atoms with E-state index in [0.717, 1.165) is 172 Å². The van der Waals surface area contributed by atoms with Gasteiger partial charge < -0.3 is 68.6 Å². The zero-order valence-electron chi connectivity index (χ0n) is 56.1. The highest BCUT2D eigenvalue weighted by Gasteiger charge is 2.51. The van der Waals surface area contributed by atoms with Crippen molar-refractivity contribution >= 4 is 115 Å². The van der Waals surface area contributed by atoms with Crippen LogP contribution in [0.5, 0.6) is 23.0 Å². The second-order valence-electron chi connectivity index (χ2n) is 24.1. The molecule has 0 aromatic heterocycles. The molecule has 0 bridgehead atoms. The van der Waals surface area contributed by atoms with Gasteiger partial charge in [0.1, 0.15) is 23.0 Å². The maximum atomic E-state index is 9.10. The number of rotatable bonds is 19. The minimum atomic E-state index is -1.01. The maximum Gasteiger partial charge on any atom is 0.494 e. The molecular weight excluding hydrogens is 1470 g/mol. The van der Waals surface area contributed by atoms with Gasteiger partial charge in [0, 0.05) is 98.3 Å². The van der Waals surface area contributed by atoms with E-state index >= 15 is 0 Å². The van der Waals surface area contributed by atoms with Crippen LogP contribution in [0.25, 0.3) is 0 Å². The first-order chi connectivity index (χ1) is 42.7. The van der Waals surface area contributed by atoms with Crippen molar-refractivity contribution in [3.63, 3.8) is 0 Å². The summed E-state index contributed by atoms with van der Waals surface area (Å²) in [5, 5.41) is 49.4. The Morgan fingerprint density at radius 1 is 0.516 bits per heavy atom. The van der Waals surface area contributed by atoms with Crippen molar-refractivity contribution in [1.29, 1.82) is 0 Å². The summed E-state index contributed by atoms with van der Waals surface area (Å²) in [6.45, 7) is 36.6. The molecule has 4 fully saturated rings. The second kappa shape index (κ2) is 49.7. The number of nitrogens with one attached hydrogen (secondary N) is 1. The van der Waals surface area contributed by atoms with Crippen LogP contribution in [0, 0.1) is 0 Å². The summed E-state index contributed by atoms with van der Waals surface area (Å²) < 4.78 is 47.9. The number of morpholine rings is 3. The molecule has 8 rings (SSSR count). The van der Waals surface area contributed by atoms with Crippen molar-refractivity contribution in [2.24, 2.45) is 0 Å². The predicted molar refractivity (Wildman–Crippen MR) is 391 cm³/mol. The molecular formula is C66H106B3Br4Cl2N3O13. The Bertz CT molecular complexity index is 2340. The SMILES string of the molecule is Brc1cccc(OCCCN2CCOCC2)c1.C1COCCN1.CC(C)(O)C(C)(C)O.CC(C)(O)C(C)(C)O.CC1(C)OB(c2cccc(OCCCN3CCOCC3)c2)OC1(C)C.ClCCCBr.ClCCCOc1cccc(Br)c1.Oc1cccc(Br)c1.[B][B]. The quantitative estimate of drug-likeness (QED) is 0.0295. The Kier molecular flexibility index (Phi) is 48.8. The van der Waals surface area contributed by atoms with Gasteiger partial charge in [-0.3, -0.25) is 9.80 Å². The smallest absolute Gasteiger partial charge is 0.494 e. The highest BCUT2D eigenvalue weighted by atomic mass is 79.9. The van der Waals surface area contributed by atoms with E-state index in [0.29, 0.717) is 24.8 Å². The molecule has 4 radical (unpaired) electrons. The first kappa shape index (κ1) is 89.3. The normalized spacial score (nSPS) is 16.2. The summed E-state index contributed by atoms with van der Waals surface area (Å²) in [6.07, 6.45) is 4.03. The van der Waals surface area contributed by atoms with Gasteiger partial charge in [-0.2, -0.15) is 0 Å². The highest BCUT2D eigenvalue weighted by molar-refractivity contribution is 9.11. The van der Waals surface area contributed by atoms with Crippen LogP contribution in [-0.2, 0) is 23.5 Å². The molecule has 16 nitrogen and oxygen atoms in total. The minimum Gasteiger partial charge on any atom is -0.508 e. The molecule has 4 saturated heterocycles. The lowest BCUT2D eigenvalue weighted by molar-refractivity contribution is -0.107. The monoisotopic (exact) mass is 1570 g/mol. The third kappa shape index (κ3) is 44.0. The summed E-state index contributed by atoms with van der Waals surface area (Å²) in [7, 11) is 7.65. The highest BCUT2D eigenvalue weighted by Crippen LogP contribution is 2.36. The average Bonchev–Trinajstić information content (AvgIpc) is 1.64. The molecule has 4 aliphatic heterocycles. The topological polar surface area (TPSA) is 193 Å². The summed E-state index contributed by atoms with van der Waals surface area (Å²) in [4.78, 5) is 4.85. The molecule has 0 unspecified atom stereocenters. The van der Waals surface area contributed by atoms with Gasteiger partial charge in [-0.25, -0.2) is 0 Å². The van der Waals surface area contributed by atoms with Gasteiger partial charge in [-0.1, -0.05) is 94.1 Å². The molecule has 6 N–H and O–H groups in total. The summed E-state index contributed by atoms with van der Waals surface area (Å²) in [5.41, 5.74) is -3.68. The van der Waals surface area contributed by atoms with Crippen LogP contribution < -0.4 is 25.0 Å². The van der Waals surface area contributed by atoms with Crippen LogP contribution in [0.3, 0.4) is 0 Å². The Morgan fingerprint density at radius 2 is 0.857 bits per heavy atom. The lowest BCUT2D eigenvalue weighted by Gasteiger charge is -2.32. The zero-order chi connectivity index (χ0) is 69.0. The van der Waals surface area contributed by atoms with Crippen molar-refractivity contribution < 1.29 is 63.3 Å². The average molecular weight is 1570 g/mol. The molecule has 25 heteroatoms. The number of ether oxygens (including phenoxy) is 6. The fourth-order valence-electron chi connectivity index (χ4n) is 6.74. The molecule has 0 spiro atoms. The van der Waals surface area contributed by atoms with E-state index < -0.39 is 22.4 Å². The first-order valence-electron chi connectivity index (χ1n) is 30.8. The van der Waals surface area contributed by atoms with Crippen molar-refractivity contribution in [3.8, 4) is 23.0 Å². The number of hydrogen-bond donors (Lipinski definition) is 6. The molecule has 0 saturated carbocycles. The lowest BCUT2D eigenvalue weighted by Crippen LogP contribution is -2.44. The number of aliphatic hydroxyl groups is 4. The summed E-state index contributed by atoms with van der Waals surface area (Å²) in [6, 6.07) is 30.7. The Labute approximate surface area is 593 Å². The molecule has 0 atom stereocenters. The zero-order valence-corrected chi connectivity index (χ0v) is 64.0. The molecule has 4 aliphatic rings. The van der Waals surface area contributed by atoms with Crippen LogP contribution in [0.1, 0.15) is 109 Å². The minimum absolute atomic E-state index is 0.291. The molecule has 4 heterocycles. The Morgan fingerprint density at radius 3 is 1.14 bits per heavy atom. The number of hydrogen-bond acceptors (Lipinski definition) is 16. The molecule has 4 aromatic rings. The van der Waals surface area contributed by atoms with Gasteiger partial charge in [0.2, 0.25) is 0 Å². The van der Waals surface area contributed by atoms with Crippen LogP contribution in [0.15, 0.2) is 110 Å². The standard InChI is InChI=1S/C19H30BNO4.C13H18BrNO2.C9H10BrClO.C6H5BrO.2C6H14O2.C4H9NO.C3H6BrCl.B2/c1-18(2)19(3,4)25-20(24-18)16-7-5-8-17(15-16)23-12-6-9-21-10-13-22-14-11-21;14-12-3-1-4-13(11-12)17-8-2-5-15-6-9-16-10-7-15;10-8-3-1-4-9(7-8)12-6-2-5-11;7-5-2-1-3-6(8)4-5;2*1-5(2,7)6(3,4)8;1-3-6-4-2-5-1;4-2-1-3-5;1-2/h5,7-8,15H,6,9-14H2,1-4H3;1,3-4,11H,2,5-10H2;1,3-4,7H,2,5-6H2;1-4,8H;2*7-8H,1-4H3;5H,1-4H2;1-3H2;. The fraction of sp³-hybridized carbons (Fsp3) is 0.636. The first-order valence-corrected chi connectivity index (χ1v) is 35.4. The second-order valence-corrected chi connectivity index (χ2v) is 28.4. The van der Waals surface area contributed by atoms with Crippen LogP contribution in [0.2, 0.25) is 0 Å². The van der Waals surface area contributed by atoms with Crippen LogP contribution >= 0.6 is 86.9 Å².